The van der Waals surface area contributed by atoms with Crippen molar-refractivity contribution in [2.75, 3.05) is 20.3 Å². The summed E-state index contributed by atoms with van der Waals surface area (Å²) >= 11 is 6.10. The van der Waals surface area contributed by atoms with Crippen molar-refractivity contribution in [2.24, 2.45) is 0 Å². The highest BCUT2D eigenvalue weighted by atomic mass is 35.5. The van der Waals surface area contributed by atoms with Crippen LogP contribution in [0.4, 0.5) is 4.39 Å². The van der Waals surface area contributed by atoms with E-state index in [9.17, 15) is 9.18 Å². The van der Waals surface area contributed by atoms with E-state index in [0.29, 0.717) is 26.1 Å². The van der Waals surface area contributed by atoms with Crippen molar-refractivity contribution in [3.8, 4) is 0 Å². The zero-order chi connectivity index (χ0) is 19.0. The number of ether oxygens (including phenoxy) is 1. The SMILES string of the molecule is COCCn1cc2c3c(cccc31)CN(C(=O)c1c(F)cccc1Cl)CC2. The minimum Gasteiger partial charge on any atom is -0.383 e. The first kappa shape index (κ1) is 18.0. The molecule has 4 rings (SSSR count). The van der Waals surface area contributed by atoms with Crippen LogP contribution in [0.3, 0.4) is 0 Å². The second-order valence-corrected chi connectivity index (χ2v) is 7.13. The number of carbonyl (C=O) groups excluding carboxylic acids is 1. The van der Waals surface area contributed by atoms with Gasteiger partial charge in [-0.3, -0.25) is 4.79 Å². The van der Waals surface area contributed by atoms with Crippen molar-refractivity contribution in [3.05, 3.63) is 70.1 Å². The minimum atomic E-state index is -0.584. The van der Waals surface area contributed by atoms with Gasteiger partial charge in [-0.15, -0.1) is 0 Å². The van der Waals surface area contributed by atoms with Gasteiger partial charge in [0.1, 0.15) is 5.82 Å². The molecule has 0 spiro atoms. The van der Waals surface area contributed by atoms with Crippen LogP contribution in [0.2, 0.25) is 5.02 Å². The number of halogens is 2. The maximum atomic E-state index is 14.2. The predicted molar refractivity (Wildman–Crippen MR) is 104 cm³/mol. The molecule has 6 heteroatoms. The molecule has 1 aliphatic heterocycles. The average molecular weight is 387 g/mol. The fraction of sp³-hybridized carbons (Fsp3) is 0.286. The highest BCUT2D eigenvalue weighted by Gasteiger charge is 2.26. The zero-order valence-electron chi connectivity index (χ0n) is 15.0. The third kappa shape index (κ3) is 3.22. The molecule has 0 aliphatic carbocycles. The summed E-state index contributed by atoms with van der Waals surface area (Å²) < 4.78 is 21.6. The van der Waals surface area contributed by atoms with Crippen LogP contribution in [0, 0.1) is 5.82 Å². The monoisotopic (exact) mass is 386 g/mol. The number of aromatic nitrogens is 1. The van der Waals surface area contributed by atoms with Crippen LogP contribution >= 0.6 is 11.6 Å². The zero-order valence-corrected chi connectivity index (χ0v) is 15.8. The molecule has 2 heterocycles. The Labute approximate surface area is 162 Å². The number of hydrogen-bond donors (Lipinski definition) is 0. The first-order valence-corrected chi connectivity index (χ1v) is 9.29. The van der Waals surface area contributed by atoms with Crippen molar-refractivity contribution in [3.63, 3.8) is 0 Å². The topological polar surface area (TPSA) is 34.5 Å². The Morgan fingerprint density at radius 1 is 1.22 bits per heavy atom. The van der Waals surface area contributed by atoms with E-state index >= 15 is 0 Å². The Kier molecular flexibility index (Phi) is 4.89. The lowest BCUT2D eigenvalue weighted by molar-refractivity contribution is 0.0743. The molecule has 1 aliphatic rings. The number of methoxy groups -OCH3 is 1. The van der Waals surface area contributed by atoms with E-state index in [4.69, 9.17) is 16.3 Å². The molecular formula is C21H20ClFN2O2. The molecule has 4 nitrogen and oxygen atoms in total. The summed E-state index contributed by atoms with van der Waals surface area (Å²) in [5, 5.41) is 1.33. The molecular weight excluding hydrogens is 367 g/mol. The van der Waals surface area contributed by atoms with Gasteiger partial charge in [-0.25, -0.2) is 4.39 Å². The number of rotatable bonds is 4. The number of benzene rings is 2. The highest BCUT2D eigenvalue weighted by Crippen LogP contribution is 2.31. The molecule has 0 radical (unpaired) electrons. The van der Waals surface area contributed by atoms with Crippen LogP contribution in [0.15, 0.2) is 42.6 Å². The fourth-order valence-corrected chi connectivity index (χ4v) is 4.03. The Bertz CT molecular complexity index is 995. The molecule has 0 fully saturated rings. The summed E-state index contributed by atoms with van der Waals surface area (Å²) in [7, 11) is 1.69. The van der Waals surface area contributed by atoms with Gasteiger partial charge < -0.3 is 14.2 Å². The number of hydrogen-bond acceptors (Lipinski definition) is 2. The first-order valence-electron chi connectivity index (χ1n) is 8.92. The Balaban J connectivity index is 1.70. The van der Waals surface area contributed by atoms with Gasteiger partial charge in [0, 0.05) is 43.8 Å². The summed E-state index contributed by atoms with van der Waals surface area (Å²) in [6.07, 6.45) is 2.85. The summed E-state index contributed by atoms with van der Waals surface area (Å²) in [4.78, 5) is 14.7. The van der Waals surface area contributed by atoms with Gasteiger partial charge in [-0.1, -0.05) is 29.8 Å². The van der Waals surface area contributed by atoms with Crippen LogP contribution in [0.5, 0.6) is 0 Å². The summed E-state index contributed by atoms with van der Waals surface area (Å²) in [6.45, 7) is 2.37. The van der Waals surface area contributed by atoms with E-state index in [2.05, 4.69) is 16.8 Å². The molecule has 2 aromatic carbocycles. The molecule has 3 aromatic rings. The van der Waals surface area contributed by atoms with Gasteiger partial charge in [0.15, 0.2) is 0 Å². The molecule has 1 aromatic heterocycles. The second kappa shape index (κ2) is 7.33. The fourth-order valence-electron chi connectivity index (χ4n) is 3.79. The maximum absolute atomic E-state index is 14.2. The van der Waals surface area contributed by atoms with Crippen LogP contribution in [-0.2, 0) is 24.2 Å². The van der Waals surface area contributed by atoms with E-state index in [1.165, 1.54) is 23.1 Å². The lowest BCUT2D eigenvalue weighted by Crippen LogP contribution is -2.32. The molecule has 0 atom stereocenters. The van der Waals surface area contributed by atoms with Crippen molar-refractivity contribution >= 4 is 28.4 Å². The normalized spacial score (nSPS) is 13.8. The van der Waals surface area contributed by atoms with E-state index < -0.39 is 5.82 Å². The summed E-state index contributed by atoms with van der Waals surface area (Å²) in [5.41, 5.74) is 3.35. The van der Waals surface area contributed by atoms with E-state index in [1.807, 2.05) is 12.1 Å². The first-order chi connectivity index (χ1) is 13.1. The van der Waals surface area contributed by atoms with Gasteiger partial charge in [-0.2, -0.15) is 0 Å². The number of amides is 1. The van der Waals surface area contributed by atoms with E-state index in [1.54, 1.807) is 18.1 Å². The van der Waals surface area contributed by atoms with E-state index in [-0.39, 0.29) is 16.5 Å². The predicted octanol–water partition coefficient (Wildman–Crippen LogP) is 4.28. The Morgan fingerprint density at radius 2 is 2.04 bits per heavy atom. The molecule has 0 unspecified atom stereocenters. The molecule has 1 amide bonds. The lowest BCUT2D eigenvalue weighted by atomic mass is 10.1. The largest absolute Gasteiger partial charge is 0.383 e. The second-order valence-electron chi connectivity index (χ2n) is 6.73. The standard InChI is InChI=1S/C21H20ClFN2O2/c1-27-11-10-24-12-15-8-9-25(13-14-4-2-7-18(24)19(14)15)21(26)20-16(22)5-3-6-17(20)23/h2-7,12H,8-11,13H2,1H3. The number of carbonyl (C=O) groups is 1. The molecule has 0 saturated heterocycles. The van der Waals surface area contributed by atoms with Gasteiger partial charge in [0.2, 0.25) is 0 Å². The molecule has 27 heavy (non-hydrogen) atoms. The van der Waals surface area contributed by atoms with Gasteiger partial charge in [0.05, 0.1) is 17.2 Å². The van der Waals surface area contributed by atoms with E-state index in [0.717, 1.165) is 17.6 Å². The molecule has 0 bridgehead atoms. The molecule has 0 N–H and O–H groups in total. The Hall–Kier alpha value is -2.37. The maximum Gasteiger partial charge on any atom is 0.258 e. The van der Waals surface area contributed by atoms with Crippen LogP contribution in [-0.4, -0.2) is 35.6 Å². The van der Waals surface area contributed by atoms with Crippen molar-refractivity contribution in [1.29, 1.82) is 0 Å². The van der Waals surface area contributed by atoms with Crippen molar-refractivity contribution in [2.45, 2.75) is 19.5 Å². The van der Waals surface area contributed by atoms with Crippen molar-refractivity contribution < 1.29 is 13.9 Å². The van der Waals surface area contributed by atoms with Gasteiger partial charge >= 0.3 is 0 Å². The van der Waals surface area contributed by atoms with Crippen LogP contribution in [0.25, 0.3) is 10.9 Å². The van der Waals surface area contributed by atoms with Crippen LogP contribution in [0.1, 0.15) is 21.5 Å². The summed E-state index contributed by atoms with van der Waals surface area (Å²) in [6, 6.07) is 10.4. The van der Waals surface area contributed by atoms with Crippen molar-refractivity contribution in [1.82, 2.24) is 9.47 Å². The quantitative estimate of drug-likeness (QED) is 0.670. The van der Waals surface area contributed by atoms with Gasteiger partial charge in [0.25, 0.3) is 5.91 Å². The smallest absolute Gasteiger partial charge is 0.258 e. The minimum absolute atomic E-state index is 0.0527. The van der Waals surface area contributed by atoms with Gasteiger partial charge in [-0.05, 0) is 35.7 Å². The third-order valence-corrected chi connectivity index (χ3v) is 5.40. The third-order valence-electron chi connectivity index (χ3n) is 5.08. The molecule has 140 valence electrons. The average Bonchev–Trinajstić information content (AvgIpc) is 2.90. The highest BCUT2D eigenvalue weighted by molar-refractivity contribution is 6.33. The van der Waals surface area contributed by atoms with Crippen LogP contribution < -0.4 is 0 Å². The lowest BCUT2D eigenvalue weighted by Gasteiger charge is -2.22. The molecule has 0 saturated carbocycles. The summed E-state index contributed by atoms with van der Waals surface area (Å²) in [5.74, 6) is -0.952. The number of nitrogens with zero attached hydrogens (tertiary/aromatic N) is 2. The Morgan fingerprint density at radius 3 is 2.81 bits per heavy atom.